The molecule has 0 amide bonds. The molecule has 102 valence electrons. The molecule has 0 aliphatic carbocycles. The molecule has 0 heterocycles. The first kappa shape index (κ1) is 14.0. The van der Waals surface area contributed by atoms with E-state index in [1.54, 1.807) is 6.08 Å². The summed E-state index contributed by atoms with van der Waals surface area (Å²) in [5.74, 6) is 0. The maximum Gasteiger partial charge on any atom is 0.240 e. The van der Waals surface area contributed by atoms with Crippen molar-refractivity contribution in [2.24, 2.45) is 4.99 Å². The Hall–Kier alpha value is -2.42. The van der Waals surface area contributed by atoms with Crippen LogP contribution in [-0.2, 0) is 11.2 Å². The number of rotatable bonds is 4. The topological polar surface area (TPSA) is 61.7 Å². The summed E-state index contributed by atoms with van der Waals surface area (Å²) >= 11 is 0. The largest absolute Gasteiger partial charge is 0.291 e. The van der Waals surface area contributed by atoms with Gasteiger partial charge in [0, 0.05) is 0 Å². The zero-order valence-corrected chi connectivity index (χ0v) is 11.5. The summed E-state index contributed by atoms with van der Waals surface area (Å²) < 4.78 is 0. The molecule has 0 aliphatic rings. The Labute approximate surface area is 117 Å². The van der Waals surface area contributed by atoms with Gasteiger partial charge in [-0.2, -0.15) is 4.99 Å². The molecule has 0 radical (unpaired) electrons. The second kappa shape index (κ2) is 6.15. The highest BCUT2D eigenvalue weighted by Gasteiger charge is 2.03. The maximum absolute atomic E-state index is 10.3. The first-order chi connectivity index (χ1) is 9.63. The maximum atomic E-state index is 10.3. The number of aliphatic imine (C=N–C) groups is 1. The fourth-order valence-electron chi connectivity index (χ4n) is 2.20. The van der Waals surface area contributed by atoms with Gasteiger partial charge in [0.05, 0.1) is 11.4 Å². The first-order valence-corrected chi connectivity index (χ1v) is 6.31. The van der Waals surface area contributed by atoms with Crippen LogP contribution in [0.25, 0.3) is 0 Å². The van der Waals surface area contributed by atoms with Crippen molar-refractivity contribution in [3.63, 3.8) is 0 Å². The van der Waals surface area contributed by atoms with E-state index >= 15 is 0 Å². The van der Waals surface area contributed by atoms with Crippen molar-refractivity contribution in [3.8, 4) is 0 Å². The number of nitrogens with zero attached hydrogens (tertiary/aromatic N) is 1. The molecule has 0 saturated heterocycles. The summed E-state index contributed by atoms with van der Waals surface area (Å²) in [6.45, 7) is 3.86. The van der Waals surface area contributed by atoms with Crippen molar-refractivity contribution in [1.82, 2.24) is 0 Å². The molecule has 2 N–H and O–H groups in total. The van der Waals surface area contributed by atoms with Crippen molar-refractivity contribution in [2.45, 2.75) is 20.3 Å². The summed E-state index contributed by atoms with van der Waals surface area (Å²) in [4.78, 5) is 13.9. The van der Waals surface area contributed by atoms with Crippen LogP contribution in [0.2, 0.25) is 0 Å². The highest BCUT2D eigenvalue weighted by atomic mass is 16.5. The Morgan fingerprint density at radius 3 is 2.30 bits per heavy atom. The third-order valence-corrected chi connectivity index (χ3v) is 3.25. The summed E-state index contributed by atoms with van der Waals surface area (Å²) in [5, 5.41) is 8.92. The van der Waals surface area contributed by atoms with Gasteiger partial charge in [0.2, 0.25) is 6.08 Å². The minimum atomic E-state index is 0.653. The second-order valence-corrected chi connectivity index (χ2v) is 4.76. The third kappa shape index (κ3) is 3.12. The summed E-state index contributed by atoms with van der Waals surface area (Å²) in [6, 6.07) is 11.7. The molecule has 4 nitrogen and oxygen atoms in total. The van der Waals surface area contributed by atoms with E-state index in [0.29, 0.717) is 11.4 Å². The van der Waals surface area contributed by atoms with Crippen LogP contribution in [0.15, 0.2) is 41.4 Å². The van der Waals surface area contributed by atoms with Gasteiger partial charge < -0.3 is 0 Å². The van der Waals surface area contributed by atoms with Gasteiger partial charge in [0.15, 0.2) is 0 Å². The molecule has 0 saturated carbocycles. The number of carbonyl (C=O) groups excluding carboxylic acids is 1. The standard InChI is InChI=1S/C16H16N2O2/c1-11-7-13(3-5-15(11)17-10-19)9-14-4-6-16(18-20)12(2)8-14/h3-8,18,20H,9H2,1-2H3. The van der Waals surface area contributed by atoms with Crippen molar-refractivity contribution in [2.75, 3.05) is 5.48 Å². The Morgan fingerprint density at radius 2 is 1.75 bits per heavy atom. The number of benzene rings is 2. The Bertz CT molecular complexity index is 674. The average molecular weight is 268 g/mol. The molecule has 0 unspecified atom stereocenters. The minimum absolute atomic E-state index is 0.653. The van der Waals surface area contributed by atoms with Crippen molar-refractivity contribution in [3.05, 3.63) is 58.7 Å². The van der Waals surface area contributed by atoms with E-state index in [9.17, 15) is 4.79 Å². The molecular formula is C16H16N2O2. The first-order valence-electron chi connectivity index (χ1n) is 6.31. The van der Waals surface area contributed by atoms with E-state index in [-0.39, 0.29) is 0 Å². The zero-order valence-electron chi connectivity index (χ0n) is 11.5. The smallest absolute Gasteiger partial charge is 0.240 e. The van der Waals surface area contributed by atoms with Crippen LogP contribution >= 0.6 is 0 Å². The predicted octanol–water partition coefficient (Wildman–Crippen LogP) is 3.66. The summed E-state index contributed by atoms with van der Waals surface area (Å²) in [5.41, 5.74) is 7.78. The van der Waals surface area contributed by atoms with Crippen LogP contribution in [0.5, 0.6) is 0 Å². The third-order valence-electron chi connectivity index (χ3n) is 3.25. The van der Waals surface area contributed by atoms with E-state index in [2.05, 4.69) is 10.5 Å². The van der Waals surface area contributed by atoms with Gasteiger partial charge in [-0.3, -0.25) is 10.7 Å². The van der Waals surface area contributed by atoms with Crippen LogP contribution in [0.4, 0.5) is 11.4 Å². The van der Waals surface area contributed by atoms with Gasteiger partial charge in [-0.05, 0) is 54.7 Å². The zero-order chi connectivity index (χ0) is 14.5. The number of anilines is 1. The van der Waals surface area contributed by atoms with Crippen molar-refractivity contribution < 1.29 is 10.0 Å². The van der Waals surface area contributed by atoms with Crippen LogP contribution in [0, 0.1) is 13.8 Å². The fourth-order valence-corrected chi connectivity index (χ4v) is 2.20. The van der Waals surface area contributed by atoms with Crippen LogP contribution in [0.1, 0.15) is 22.3 Å². The number of isocyanates is 1. The molecule has 0 aliphatic heterocycles. The Morgan fingerprint density at radius 1 is 1.10 bits per heavy atom. The molecule has 0 atom stereocenters. The molecule has 0 fully saturated rings. The van der Waals surface area contributed by atoms with Crippen LogP contribution < -0.4 is 5.48 Å². The van der Waals surface area contributed by atoms with E-state index in [1.807, 2.05) is 50.2 Å². The summed E-state index contributed by atoms with van der Waals surface area (Å²) in [7, 11) is 0. The van der Waals surface area contributed by atoms with Gasteiger partial charge in [-0.1, -0.05) is 24.3 Å². The molecule has 0 aromatic heterocycles. The SMILES string of the molecule is Cc1cc(Cc2ccc(NO)c(C)c2)ccc1N=C=O. The predicted molar refractivity (Wildman–Crippen MR) is 78.4 cm³/mol. The van der Waals surface area contributed by atoms with E-state index in [0.717, 1.165) is 28.7 Å². The number of hydrogen-bond acceptors (Lipinski definition) is 4. The van der Waals surface area contributed by atoms with E-state index < -0.39 is 0 Å². The molecule has 20 heavy (non-hydrogen) atoms. The molecule has 2 aromatic rings. The van der Waals surface area contributed by atoms with Gasteiger partial charge in [0.25, 0.3) is 0 Å². The lowest BCUT2D eigenvalue weighted by molar-refractivity contribution is 0.388. The minimum Gasteiger partial charge on any atom is -0.291 e. The quantitative estimate of drug-likeness (QED) is 0.505. The fraction of sp³-hybridized carbons (Fsp3) is 0.188. The molecule has 0 spiro atoms. The van der Waals surface area contributed by atoms with Crippen molar-refractivity contribution in [1.29, 1.82) is 0 Å². The molecule has 2 aromatic carbocycles. The Balaban J connectivity index is 2.24. The van der Waals surface area contributed by atoms with Gasteiger partial charge in [-0.15, -0.1) is 0 Å². The lowest BCUT2D eigenvalue weighted by Gasteiger charge is -2.08. The highest BCUT2D eigenvalue weighted by molar-refractivity contribution is 5.55. The van der Waals surface area contributed by atoms with E-state index in [1.165, 1.54) is 0 Å². The number of nitrogens with one attached hydrogen (secondary N) is 1. The number of aryl methyl sites for hydroxylation is 2. The monoisotopic (exact) mass is 268 g/mol. The Kier molecular flexibility index (Phi) is 4.31. The van der Waals surface area contributed by atoms with Crippen LogP contribution in [0.3, 0.4) is 0 Å². The molecule has 0 bridgehead atoms. The lowest BCUT2D eigenvalue weighted by atomic mass is 10.0. The lowest BCUT2D eigenvalue weighted by Crippen LogP contribution is -1.95. The van der Waals surface area contributed by atoms with Crippen molar-refractivity contribution >= 4 is 17.5 Å². The van der Waals surface area contributed by atoms with Gasteiger partial charge in [0.1, 0.15) is 0 Å². The second-order valence-electron chi connectivity index (χ2n) is 4.76. The summed E-state index contributed by atoms with van der Waals surface area (Å²) in [6.07, 6.45) is 2.35. The van der Waals surface area contributed by atoms with E-state index in [4.69, 9.17) is 5.21 Å². The highest BCUT2D eigenvalue weighted by Crippen LogP contribution is 2.22. The molecular weight excluding hydrogens is 252 g/mol. The van der Waals surface area contributed by atoms with Gasteiger partial charge in [-0.25, -0.2) is 4.79 Å². The normalized spacial score (nSPS) is 9.95. The van der Waals surface area contributed by atoms with Gasteiger partial charge >= 0.3 is 0 Å². The number of hydrogen-bond donors (Lipinski definition) is 2. The van der Waals surface area contributed by atoms with Crippen LogP contribution in [-0.4, -0.2) is 11.3 Å². The molecule has 4 heteroatoms. The molecule has 2 rings (SSSR count). The average Bonchev–Trinajstić information content (AvgIpc) is 2.42.